The van der Waals surface area contributed by atoms with E-state index in [1.807, 2.05) is 0 Å². The van der Waals surface area contributed by atoms with Crippen LogP contribution in [0.5, 0.6) is 0 Å². The summed E-state index contributed by atoms with van der Waals surface area (Å²) < 4.78 is 0. The third kappa shape index (κ3) is 4.14. The molecular formula is C17H29N7. The Kier molecular flexibility index (Phi) is 5.85. The maximum Gasteiger partial charge on any atom is 0.226 e. The first kappa shape index (κ1) is 17.0. The van der Waals surface area contributed by atoms with Gasteiger partial charge in [-0.25, -0.2) is 4.98 Å². The topological polar surface area (TPSA) is 81.8 Å². The number of hydrogen-bond donors (Lipinski definition) is 3. The first-order valence-electron chi connectivity index (χ1n) is 9.24. The van der Waals surface area contributed by atoms with E-state index >= 15 is 0 Å². The van der Waals surface area contributed by atoms with Crippen molar-refractivity contribution in [2.24, 2.45) is 0 Å². The molecule has 1 aliphatic rings. The van der Waals surface area contributed by atoms with Crippen molar-refractivity contribution < 1.29 is 0 Å². The fourth-order valence-corrected chi connectivity index (χ4v) is 3.21. The highest BCUT2D eigenvalue weighted by molar-refractivity contribution is 5.83. The largest absolute Gasteiger partial charge is 0.365 e. The van der Waals surface area contributed by atoms with Gasteiger partial charge in [0.15, 0.2) is 11.5 Å². The van der Waals surface area contributed by atoms with Crippen LogP contribution in [0.2, 0.25) is 0 Å². The lowest BCUT2D eigenvalue weighted by atomic mass is 10.1. The number of nitrogens with one attached hydrogen (secondary N) is 3. The summed E-state index contributed by atoms with van der Waals surface area (Å²) in [6, 6.07) is 0.410. The van der Waals surface area contributed by atoms with Crippen LogP contribution < -0.4 is 10.6 Å². The number of anilines is 2. The van der Waals surface area contributed by atoms with Crippen molar-refractivity contribution in [2.45, 2.75) is 52.0 Å². The summed E-state index contributed by atoms with van der Waals surface area (Å²) in [7, 11) is 0. The smallest absolute Gasteiger partial charge is 0.226 e. The average molecular weight is 331 g/mol. The van der Waals surface area contributed by atoms with Crippen LogP contribution in [-0.2, 0) is 0 Å². The molecule has 3 rings (SSSR count). The number of fused-ring (bicyclic) bond motifs is 1. The number of hydrogen-bond acceptors (Lipinski definition) is 6. The predicted octanol–water partition coefficient (Wildman–Crippen LogP) is 2.85. The zero-order valence-corrected chi connectivity index (χ0v) is 14.8. The molecule has 1 aliphatic heterocycles. The highest BCUT2D eigenvalue weighted by Crippen LogP contribution is 2.20. The van der Waals surface area contributed by atoms with E-state index in [2.05, 4.69) is 49.3 Å². The van der Waals surface area contributed by atoms with Crippen LogP contribution in [0.3, 0.4) is 0 Å². The maximum atomic E-state index is 4.67. The molecule has 3 N–H and O–H groups in total. The van der Waals surface area contributed by atoms with Gasteiger partial charge in [-0.1, -0.05) is 20.3 Å². The molecule has 1 fully saturated rings. The molecule has 0 spiro atoms. The van der Waals surface area contributed by atoms with E-state index in [-0.39, 0.29) is 0 Å². The molecule has 0 amide bonds. The van der Waals surface area contributed by atoms with Gasteiger partial charge in [-0.15, -0.1) is 0 Å². The Balaban J connectivity index is 1.66. The molecule has 0 bridgehead atoms. The fourth-order valence-electron chi connectivity index (χ4n) is 3.21. The Morgan fingerprint density at radius 3 is 2.71 bits per heavy atom. The zero-order chi connectivity index (χ0) is 16.8. The maximum absolute atomic E-state index is 4.67. The number of aromatic nitrogens is 4. The number of likely N-dealkylation sites (tertiary alicyclic amines) is 1. The van der Waals surface area contributed by atoms with Gasteiger partial charge in [0.2, 0.25) is 5.95 Å². The number of imidazole rings is 1. The van der Waals surface area contributed by atoms with E-state index in [1.54, 1.807) is 6.33 Å². The first-order chi connectivity index (χ1) is 11.8. The van der Waals surface area contributed by atoms with Crippen molar-refractivity contribution in [3.63, 3.8) is 0 Å². The lowest BCUT2D eigenvalue weighted by Crippen LogP contribution is -2.33. The second-order valence-electron chi connectivity index (χ2n) is 6.48. The highest BCUT2D eigenvalue weighted by atomic mass is 15.2. The van der Waals surface area contributed by atoms with Crippen molar-refractivity contribution in [1.82, 2.24) is 24.8 Å². The van der Waals surface area contributed by atoms with E-state index in [4.69, 9.17) is 0 Å². The van der Waals surface area contributed by atoms with Gasteiger partial charge in [0.25, 0.3) is 0 Å². The molecule has 7 heteroatoms. The van der Waals surface area contributed by atoms with Gasteiger partial charge in [0.1, 0.15) is 5.52 Å². The van der Waals surface area contributed by atoms with Crippen LogP contribution in [0.25, 0.3) is 11.2 Å². The minimum atomic E-state index is 0.410. The van der Waals surface area contributed by atoms with Crippen LogP contribution in [0.4, 0.5) is 11.8 Å². The number of nitrogens with zero attached hydrogens (tertiary/aromatic N) is 4. The predicted molar refractivity (Wildman–Crippen MR) is 98.5 cm³/mol. The van der Waals surface area contributed by atoms with Gasteiger partial charge in [-0.3, -0.25) is 0 Å². The molecule has 7 nitrogen and oxygen atoms in total. The third-order valence-electron chi connectivity index (χ3n) is 4.77. The minimum absolute atomic E-state index is 0.410. The zero-order valence-electron chi connectivity index (χ0n) is 14.8. The van der Waals surface area contributed by atoms with E-state index in [0.717, 1.165) is 37.3 Å². The Hall–Kier alpha value is -1.89. The summed E-state index contributed by atoms with van der Waals surface area (Å²) >= 11 is 0. The highest BCUT2D eigenvalue weighted by Gasteiger charge is 2.13. The molecule has 0 atom stereocenters. The van der Waals surface area contributed by atoms with Crippen LogP contribution in [0, 0.1) is 0 Å². The fraction of sp³-hybridized carbons (Fsp3) is 0.706. The molecule has 132 valence electrons. The number of piperidine rings is 1. The van der Waals surface area contributed by atoms with Gasteiger partial charge in [-0.2, -0.15) is 9.97 Å². The van der Waals surface area contributed by atoms with Crippen LogP contribution in [0.15, 0.2) is 6.33 Å². The summed E-state index contributed by atoms with van der Waals surface area (Å²) in [6.07, 6.45) is 7.81. The summed E-state index contributed by atoms with van der Waals surface area (Å²) in [6.45, 7) is 8.69. The van der Waals surface area contributed by atoms with Gasteiger partial charge >= 0.3 is 0 Å². The number of rotatable bonds is 8. The molecule has 0 unspecified atom stereocenters. The summed E-state index contributed by atoms with van der Waals surface area (Å²) in [4.78, 5) is 19.1. The number of aromatic amines is 1. The Bertz CT molecular complexity index is 629. The second-order valence-corrected chi connectivity index (χ2v) is 6.48. The minimum Gasteiger partial charge on any atom is -0.365 e. The van der Waals surface area contributed by atoms with Crippen molar-refractivity contribution in [1.29, 1.82) is 0 Å². The van der Waals surface area contributed by atoms with Gasteiger partial charge in [-0.05, 0) is 38.8 Å². The van der Waals surface area contributed by atoms with Crippen molar-refractivity contribution in [3.8, 4) is 0 Å². The lowest BCUT2D eigenvalue weighted by molar-refractivity contribution is 0.237. The second kappa shape index (κ2) is 8.28. The van der Waals surface area contributed by atoms with Crippen LogP contribution in [-0.4, -0.2) is 57.1 Å². The molecule has 0 saturated carbocycles. The molecule has 24 heavy (non-hydrogen) atoms. The molecule has 1 saturated heterocycles. The third-order valence-corrected chi connectivity index (χ3v) is 4.77. The summed E-state index contributed by atoms with van der Waals surface area (Å²) in [5.41, 5.74) is 1.59. The summed E-state index contributed by atoms with van der Waals surface area (Å²) in [5, 5.41) is 6.88. The van der Waals surface area contributed by atoms with E-state index < -0.39 is 0 Å². The Labute approximate surface area is 143 Å². The van der Waals surface area contributed by atoms with Gasteiger partial charge < -0.3 is 20.5 Å². The molecular weight excluding hydrogens is 302 g/mol. The Morgan fingerprint density at radius 2 is 1.96 bits per heavy atom. The van der Waals surface area contributed by atoms with E-state index in [1.165, 1.54) is 32.4 Å². The van der Waals surface area contributed by atoms with Gasteiger partial charge in [0.05, 0.1) is 6.33 Å². The molecule has 0 aromatic carbocycles. The molecule has 0 aliphatic carbocycles. The van der Waals surface area contributed by atoms with Crippen LogP contribution >= 0.6 is 0 Å². The van der Waals surface area contributed by atoms with E-state index in [0.29, 0.717) is 17.6 Å². The van der Waals surface area contributed by atoms with Crippen molar-refractivity contribution in [3.05, 3.63) is 6.33 Å². The number of H-pyrrole nitrogens is 1. The van der Waals surface area contributed by atoms with Crippen molar-refractivity contribution in [2.75, 3.05) is 36.8 Å². The SMILES string of the molecule is CCC(CC)Nc1nc(NCCN2CCCCC2)nc2nc[nH]c12. The molecule has 2 aromatic heterocycles. The standard InChI is InChI=1S/C17H29N7/c1-3-13(4-2)21-16-14-15(20-12-19-14)22-17(23-16)18-8-11-24-9-6-5-7-10-24/h12-13H,3-11H2,1-2H3,(H3,18,19,20,21,22,23). The molecule has 0 radical (unpaired) electrons. The normalized spacial score (nSPS) is 16.0. The van der Waals surface area contributed by atoms with Crippen LogP contribution in [0.1, 0.15) is 46.0 Å². The van der Waals surface area contributed by atoms with Crippen molar-refractivity contribution >= 4 is 22.9 Å². The monoisotopic (exact) mass is 331 g/mol. The first-order valence-corrected chi connectivity index (χ1v) is 9.24. The average Bonchev–Trinajstić information content (AvgIpc) is 3.09. The molecule has 3 heterocycles. The lowest BCUT2D eigenvalue weighted by Gasteiger charge is -2.26. The quantitative estimate of drug-likeness (QED) is 0.690. The summed E-state index contributed by atoms with van der Waals surface area (Å²) in [5.74, 6) is 1.49. The van der Waals surface area contributed by atoms with Gasteiger partial charge in [0, 0.05) is 19.1 Å². The Morgan fingerprint density at radius 1 is 1.17 bits per heavy atom. The molecule has 2 aromatic rings. The van der Waals surface area contributed by atoms with E-state index in [9.17, 15) is 0 Å².